The van der Waals surface area contributed by atoms with E-state index in [1.807, 2.05) is 24.3 Å². The van der Waals surface area contributed by atoms with Crippen molar-refractivity contribution >= 4 is 5.69 Å². The summed E-state index contributed by atoms with van der Waals surface area (Å²) in [4.78, 5) is 0. The van der Waals surface area contributed by atoms with Crippen LogP contribution in [0.1, 0.15) is 18.9 Å². The first kappa shape index (κ1) is 11.5. The van der Waals surface area contributed by atoms with Crippen LogP contribution in [0.2, 0.25) is 0 Å². The van der Waals surface area contributed by atoms with Gasteiger partial charge in [-0.2, -0.15) is 5.26 Å². The third-order valence-corrected chi connectivity index (χ3v) is 2.20. The fourth-order valence-electron chi connectivity index (χ4n) is 1.34. The van der Waals surface area contributed by atoms with Gasteiger partial charge in [0.05, 0.1) is 11.3 Å². The largest absolute Gasteiger partial charge is 0.385 e. The van der Waals surface area contributed by atoms with Crippen LogP contribution >= 0.6 is 0 Å². The lowest BCUT2D eigenvalue weighted by molar-refractivity contribution is 0.191. The first-order chi connectivity index (χ1) is 7.27. The maximum Gasteiger partial charge on any atom is 0.101 e. The number of para-hydroxylation sites is 1. The van der Waals surface area contributed by atoms with Crippen LogP contribution in [0, 0.1) is 11.3 Å². The summed E-state index contributed by atoms with van der Waals surface area (Å²) in [6.07, 6.45) is 0.927. The molecular formula is C12H16N2O. The van der Waals surface area contributed by atoms with Crippen LogP contribution in [0.15, 0.2) is 24.3 Å². The second kappa shape index (κ2) is 6.05. The molecule has 1 rings (SSSR count). The zero-order chi connectivity index (χ0) is 11.1. The van der Waals surface area contributed by atoms with Crippen LogP contribution in [0.4, 0.5) is 5.69 Å². The predicted molar refractivity (Wildman–Crippen MR) is 60.7 cm³/mol. The summed E-state index contributed by atoms with van der Waals surface area (Å²) in [7, 11) is 1.69. The molecule has 0 saturated carbocycles. The molecule has 0 bridgehead atoms. The van der Waals surface area contributed by atoms with E-state index in [0.717, 1.165) is 18.7 Å². The van der Waals surface area contributed by atoms with Crippen LogP contribution < -0.4 is 5.32 Å². The van der Waals surface area contributed by atoms with Crippen LogP contribution in [-0.4, -0.2) is 19.8 Å². The van der Waals surface area contributed by atoms with E-state index in [1.165, 1.54) is 0 Å². The fraction of sp³-hybridized carbons (Fsp3) is 0.417. The Morgan fingerprint density at radius 3 is 2.87 bits per heavy atom. The molecule has 1 unspecified atom stereocenters. The minimum absolute atomic E-state index is 0.305. The molecule has 0 fully saturated rings. The van der Waals surface area contributed by atoms with E-state index in [1.54, 1.807) is 7.11 Å². The molecule has 0 aliphatic rings. The summed E-state index contributed by atoms with van der Waals surface area (Å²) in [6, 6.07) is 9.99. The third kappa shape index (κ3) is 3.61. The number of benzene rings is 1. The van der Waals surface area contributed by atoms with Gasteiger partial charge in [0, 0.05) is 19.8 Å². The molecule has 0 saturated heterocycles. The smallest absolute Gasteiger partial charge is 0.101 e. The molecule has 0 aliphatic heterocycles. The molecule has 3 heteroatoms. The molecule has 15 heavy (non-hydrogen) atoms. The van der Waals surface area contributed by atoms with Gasteiger partial charge >= 0.3 is 0 Å². The van der Waals surface area contributed by atoms with Crippen molar-refractivity contribution in [2.45, 2.75) is 19.4 Å². The monoisotopic (exact) mass is 204 g/mol. The number of nitriles is 1. The van der Waals surface area contributed by atoms with Gasteiger partial charge in [-0.05, 0) is 25.5 Å². The molecule has 1 aromatic rings. The van der Waals surface area contributed by atoms with E-state index in [-0.39, 0.29) is 0 Å². The summed E-state index contributed by atoms with van der Waals surface area (Å²) in [5.74, 6) is 0. The summed E-state index contributed by atoms with van der Waals surface area (Å²) in [5, 5.41) is 12.2. The number of nitrogens with one attached hydrogen (secondary N) is 1. The number of hydrogen-bond acceptors (Lipinski definition) is 3. The van der Waals surface area contributed by atoms with Crippen molar-refractivity contribution in [1.82, 2.24) is 0 Å². The summed E-state index contributed by atoms with van der Waals surface area (Å²) in [6.45, 7) is 2.80. The Labute approximate surface area is 90.7 Å². The molecule has 1 aromatic carbocycles. The minimum atomic E-state index is 0.305. The molecule has 0 aliphatic carbocycles. The van der Waals surface area contributed by atoms with E-state index in [0.29, 0.717) is 11.6 Å². The zero-order valence-electron chi connectivity index (χ0n) is 9.16. The number of ether oxygens (including phenoxy) is 1. The number of nitrogens with zero attached hydrogens (tertiary/aromatic N) is 1. The third-order valence-electron chi connectivity index (χ3n) is 2.20. The fourth-order valence-corrected chi connectivity index (χ4v) is 1.34. The van der Waals surface area contributed by atoms with E-state index < -0.39 is 0 Å². The molecule has 1 atom stereocenters. The Hall–Kier alpha value is -1.53. The number of hydrogen-bond donors (Lipinski definition) is 1. The Morgan fingerprint density at radius 1 is 1.47 bits per heavy atom. The van der Waals surface area contributed by atoms with Gasteiger partial charge in [0.1, 0.15) is 6.07 Å². The van der Waals surface area contributed by atoms with Crippen LogP contribution in [0.5, 0.6) is 0 Å². The average Bonchev–Trinajstić information content (AvgIpc) is 2.27. The van der Waals surface area contributed by atoms with Crippen molar-refractivity contribution in [1.29, 1.82) is 5.26 Å². The minimum Gasteiger partial charge on any atom is -0.385 e. The first-order valence-corrected chi connectivity index (χ1v) is 5.02. The van der Waals surface area contributed by atoms with Crippen molar-refractivity contribution in [3.8, 4) is 6.07 Å². The first-order valence-electron chi connectivity index (χ1n) is 5.02. The van der Waals surface area contributed by atoms with Gasteiger partial charge in [0.2, 0.25) is 0 Å². The summed E-state index contributed by atoms with van der Waals surface area (Å²) in [5.41, 5.74) is 1.57. The van der Waals surface area contributed by atoms with Crippen LogP contribution in [0.3, 0.4) is 0 Å². The number of anilines is 1. The van der Waals surface area contributed by atoms with E-state index >= 15 is 0 Å². The number of rotatable bonds is 5. The summed E-state index contributed by atoms with van der Waals surface area (Å²) >= 11 is 0. The van der Waals surface area contributed by atoms with Gasteiger partial charge in [0.25, 0.3) is 0 Å². The second-order valence-electron chi connectivity index (χ2n) is 3.48. The standard InChI is InChI=1S/C12H16N2O/c1-10(7-8-15-2)14-12-6-4-3-5-11(12)9-13/h3-6,10,14H,7-8H2,1-2H3. The lowest BCUT2D eigenvalue weighted by Crippen LogP contribution is -2.17. The highest BCUT2D eigenvalue weighted by atomic mass is 16.5. The SMILES string of the molecule is COCCC(C)Nc1ccccc1C#N. The lowest BCUT2D eigenvalue weighted by atomic mass is 10.1. The average molecular weight is 204 g/mol. The van der Waals surface area contributed by atoms with Gasteiger partial charge in [-0.3, -0.25) is 0 Å². The second-order valence-corrected chi connectivity index (χ2v) is 3.48. The van der Waals surface area contributed by atoms with Gasteiger partial charge < -0.3 is 10.1 Å². The Kier molecular flexibility index (Phi) is 4.65. The van der Waals surface area contributed by atoms with Crippen molar-refractivity contribution in [3.05, 3.63) is 29.8 Å². The maximum atomic E-state index is 8.89. The van der Waals surface area contributed by atoms with Gasteiger partial charge in [-0.1, -0.05) is 12.1 Å². The van der Waals surface area contributed by atoms with Gasteiger partial charge in [0.15, 0.2) is 0 Å². The highest BCUT2D eigenvalue weighted by Gasteiger charge is 2.04. The lowest BCUT2D eigenvalue weighted by Gasteiger charge is -2.15. The Bertz CT molecular complexity index is 344. The Morgan fingerprint density at radius 2 is 2.20 bits per heavy atom. The topological polar surface area (TPSA) is 45.0 Å². The molecule has 1 N–H and O–H groups in total. The molecule has 3 nitrogen and oxygen atoms in total. The summed E-state index contributed by atoms with van der Waals surface area (Å²) < 4.78 is 5.00. The molecular weight excluding hydrogens is 188 g/mol. The van der Waals surface area contributed by atoms with Gasteiger partial charge in [-0.15, -0.1) is 0 Å². The van der Waals surface area contributed by atoms with E-state index in [9.17, 15) is 0 Å². The van der Waals surface area contributed by atoms with E-state index in [2.05, 4.69) is 18.3 Å². The maximum absolute atomic E-state index is 8.89. The Balaban J connectivity index is 2.60. The molecule has 0 spiro atoms. The molecule has 0 amide bonds. The van der Waals surface area contributed by atoms with Crippen LogP contribution in [-0.2, 0) is 4.74 Å². The molecule has 0 aromatic heterocycles. The highest BCUT2D eigenvalue weighted by molar-refractivity contribution is 5.57. The zero-order valence-corrected chi connectivity index (χ0v) is 9.16. The van der Waals surface area contributed by atoms with Crippen LogP contribution in [0.25, 0.3) is 0 Å². The number of methoxy groups -OCH3 is 1. The molecule has 0 radical (unpaired) electrons. The normalized spacial score (nSPS) is 11.8. The van der Waals surface area contributed by atoms with Crippen molar-refractivity contribution < 1.29 is 4.74 Å². The molecule has 80 valence electrons. The van der Waals surface area contributed by atoms with Gasteiger partial charge in [-0.25, -0.2) is 0 Å². The van der Waals surface area contributed by atoms with Crippen molar-refractivity contribution in [2.24, 2.45) is 0 Å². The van der Waals surface area contributed by atoms with E-state index in [4.69, 9.17) is 10.00 Å². The quantitative estimate of drug-likeness (QED) is 0.801. The molecule has 0 heterocycles. The van der Waals surface area contributed by atoms with Crippen molar-refractivity contribution in [3.63, 3.8) is 0 Å². The predicted octanol–water partition coefficient (Wildman–Crippen LogP) is 2.40. The highest BCUT2D eigenvalue weighted by Crippen LogP contribution is 2.15. The van der Waals surface area contributed by atoms with Crippen molar-refractivity contribution in [2.75, 3.05) is 19.0 Å².